The molecule has 2 aromatic heterocycles. The second kappa shape index (κ2) is 6.75. The molecular formula is C23H24FN5O2. The summed E-state index contributed by atoms with van der Waals surface area (Å²) >= 11 is 0. The summed E-state index contributed by atoms with van der Waals surface area (Å²) in [7, 11) is 0. The number of benzene rings is 1. The number of amides is 1. The van der Waals surface area contributed by atoms with E-state index in [9.17, 15) is 9.18 Å². The molecule has 1 spiro atoms. The van der Waals surface area contributed by atoms with Crippen molar-refractivity contribution in [1.82, 2.24) is 19.5 Å². The molecule has 1 aromatic carbocycles. The Balaban J connectivity index is 1.25. The van der Waals surface area contributed by atoms with E-state index in [0.717, 1.165) is 22.6 Å². The Bertz CT molecular complexity index is 1140. The minimum absolute atomic E-state index is 0.0686. The van der Waals surface area contributed by atoms with Crippen molar-refractivity contribution in [2.75, 3.05) is 18.0 Å². The number of hydrogen-bond donors (Lipinski definition) is 0. The monoisotopic (exact) mass is 421 g/mol. The normalized spacial score (nSPS) is 27.4. The van der Waals surface area contributed by atoms with Crippen molar-refractivity contribution in [3.63, 3.8) is 0 Å². The molecule has 6 rings (SSSR count). The number of carbonyl (C=O) groups is 1. The first kappa shape index (κ1) is 18.7. The number of aromatic nitrogens is 3. The number of rotatable bonds is 2. The number of halogens is 1. The van der Waals surface area contributed by atoms with Gasteiger partial charge in [0, 0.05) is 44.1 Å². The number of carbonyl (C=O) groups excluding carboxylic acids is 1. The molecule has 3 atom stereocenters. The molecule has 8 heteroatoms. The molecule has 3 aromatic rings. The maximum Gasteiger partial charge on any atom is 0.257 e. The summed E-state index contributed by atoms with van der Waals surface area (Å²) in [5.41, 5.74) is 1.88. The Kier molecular flexibility index (Phi) is 4.08. The van der Waals surface area contributed by atoms with Crippen LogP contribution in [0.2, 0.25) is 0 Å². The second-order valence-electron chi connectivity index (χ2n) is 8.75. The number of alkyl halides is 1. The van der Waals surface area contributed by atoms with Crippen LogP contribution in [0.3, 0.4) is 0 Å². The number of piperidine rings is 1. The van der Waals surface area contributed by atoms with Crippen LogP contribution in [0, 0.1) is 6.92 Å². The van der Waals surface area contributed by atoms with Crippen LogP contribution in [0.1, 0.15) is 36.4 Å². The van der Waals surface area contributed by atoms with Crippen LogP contribution in [-0.2, 0) is 9.53 Å². The van der Waals surface area contributed by atoms with Crippen molar-refractivity contribution in [2.24, 2.45) is 0 Å². The summed E-state index contributed by atoms with van der Waals surface area (Å²) in [6.07, 6.45) is 2.98. The van der Waals surface area contributed by atoms with E-state index in [4.69, 9.17) is 4.74 Å². The van der Waals surface area contributed by atoms with Gasteiger partial charge in [0.15, 0.2) is 17.5 Å². The van der Waals surface area contributed by atoms with Crippen molar-refractivity contribution >= 4 is 17.4 Å². The van der Waals surface area contributed by atoms with E-state index in [-0.39, 0.29) is 18.4 Å². The van der Waals surface area contributed by atoms with Gasteiger partial charge < -0.3 is 14.5 Å². The van der Waals surface area contributed by atoms with Gasteiger partial charge >= 0.3 is 0 Å². The molecular weight excluding hydrogens is 397 g/mol. The highest BCUT2D eigenvalue weighted by Gasteiger charge is 2.61. The van der Waals surface area contributed by atoms with E-state index in [1.165, 1.54) is 0 Å². The maximum atomic E-state index is 14.9. The van der Waals surface area contributed by atoms with E-state index in [2.05, 4.69) is 15.0 Å². The zero-order valence-corrected chi connectivity index (χ0v) is 17.3. The Morgan fingerprint density at radius 2 is 1.94 bits per heavy atom. The van der Waals surface area contributed by atoms with Crippen LogP contribution in [-0.4, -0.2) is 56.5 Å². The van der Waals surface area contributed by atoms with E-state index in [1.54, 1.807) is 17.3 Å². The third-order valence-corrected chi connectivity index (χ3v) is 6.98. The maximum absolute atomic E-state index is 14.9. The number of anilines is 1. The van der Waals surface area contributed by atoms with Crippen LogP contribution in [0.4, 0.5) is 10.2 Å². The SMILES string of the molecule is Cc1cnn2c(N3CCC4(CC3)O[C@@H]3[C@@H](F)C[C@@H](c5ccccc5)N3C4=O)ccnc12. The Morgan fingerprint density at radius 3 is 2.71 bits per heavy atom. The second-order valence-corrected chi connectivity index (χ2v) is 8.75. The average Bonchev–Trinajstić information content (AvgIpc) is 3.43. The summed E-state index contributed by atoms with van der Waals surface area (Å²) in [6, 6.07) is 11.4. The summed E-state index contributed by atoms with van der Waals surface area (Å²) in [6.45, 7) is 3.26. The standard InChI is InChI=1S/C23H24FN5O2/c1-15-14-26-29-19(7-10-25-20(15)29)27-11-8-23(9-12-27)22(30)28-18(13-17(24)21(28)31-23)16-5-3-2-4-6-16/h2-7,10,14,17-18,21H,8-9,11-13H2,1H3/t17-,18-,21+/m0/s1. The van der Waals surface area contributed by atoms with Crippen molar-refractivity contribution in [2.45, 2.75) is 50.2 Å². The molecule has 7 nitrogen and oxygen atoms in total. The van der Waals surface area contributed by atoms with Gasteiger partial charge in [0.1, 0.15) is 12.0 Å². The molecule has 3 saturated heterocycles. The fourth-order valence-corrected chi connectivity index (χ4v) is 5.33. The van der Waals surface area contributed by atoms with Crippen molar-refractivity contribution < 1.29 is 13.9 Å². The van der Waals surface area contributed by atoms with Crippen molar-refractivity contribution in [3.8, 4) is 0 Å². The van der Waals surface area contributed by atoms with Gasteiger partial charge in [0.05, 0.1) is 12.2 Å². The number of fused-ring (bicyclic) bond motifs is 2. The fraction of sp³-hybridized carbons (Fsp3) is 0.435. The predicted molar refractivity (Wildman–Crippen MR) is 112 cm³/mol. The van der Waals surface area contributed by atoms with Gasteiger partial charge in [0.25, 0.3) is 5.91 Å². The molecule has 0 N–H and O–H groups in total. The first-order chi connectivity index (χ1) is 15.1. The Morgan fingerprint density at radius 1 is 1.16 bits per heavy atom. The van der Waals surface area contributed by atoms with Crippen LogP contribution in [0.5, 0.6) is 0 Å². The third kappa shape index (κ3) is 2.70. The highest BCUT2D eigenvalue weighted by molar-refractivity contribution is 5.88. The zero-order valence-electron chi connectivity index (χ0n) is 17.3. The van der Waals surface area contributed by atoms with Crippen LogP contribution >= 0.6 is 0 Å². The van der Waals surface area contributed by atoms with Crippen LogP contribution in [0.25, 0.3) is 5.65 Å². The van der Waals surface area contributed by atoms with Crippen LogP contribution < -0.4 is 4.90 Å². The molecule has 3 aliphatic rings. The summed E-state index contributed by atoms with van der Waals surface area (Å²) in [5, 5.41) is 4.45. The molecule has 3 aliphatic heterocycles. The average molecular weight is 421 g/mol. The number of aryl methyl sites for hydroxylation is 1. The van der Waals surface area contributed by atoms with Gasteiger partial charge in [-0.25, -0.2) is 9.37 Å². The highest BCUT2D eigenvalue weighted by Crippen LogP contribution is 2.48. The molecule has 0 radical (unpaired) electrons. The largest absolute Gasteiger partial charge is 0.356 e. The number of nitrogens with zero attached hydrogens (tertiary/aromatic N) is 5. The molecule has 0 bridgehead atoms. The molecule has 5 heterocycles. The highest BCUT2D eigenvalue weighted by atomic mass is 19.1. The van der Waals surface area contributed by atoms with Gasteiger partial charge in [0.2, 0.25) is 0 Å². The van der Waals surface area contributed by atoms with Gasteiger partial charge in [-0.05, 0) is 18.6 Å². The Labute approximate surface area is 179 Å². The van der Waals surface area contributed by atoms with Crippen LogP contribution in [0.15, 0.2) is 48.8 Å². The summed E-state index contributed by atoms with van der Waals surface area (Å²) < 4.78 is 22.9. The molecule has 0 unspecified atom stereocenters. The molecule has 0 saturated carbocycles. The lowest BCUT2D eigenvalue weighted by molar-refractivity contribution is -0.141. The van der Waals surface area contributed by atoms with Gasteiger partial charge in [-0.3, -0.25) is 4.79 Å². The minimum Gasteiger partial charge on any atom is -0.356 e. The minimum atomic E-state index is -1.17. The quantitative estimate of drug-likeness (QED) is 0.637. The summed E-state index contributed by atoms with van der Waals surface area (Å²) in [4.78, 5) is 21.8. The van der Waals surface area contributed by atoms with Crippen molar-refractivity contribution in [3.05, 3.63) is 59.9 Å². The van der Waals surface area contributed by atoms with Gasteiger partial charge in [-0.15, -0.1) is 0 Å². The first-order valence-corrected chi connectivity index (χ1v) is 10.8. The smallest absolute Gasteiger partial charge is 0.257 e. The molecule has 31 heavy (non-hydrogen) atoms. The van der Waals surface area contributed by atoms with E-state index in [0.29, 0.717) is 25.9 Å². The van der Waals surface area contributed by atoms with Gasteiger partial charge in [-0.2, -0.15) is 9.61 Å². The first-order valence-electron chi connectivity index (χ1n) is 10.8. The van der Waals surface area contributed by atoms with E-state index < -0.39 is 18.0 Å². The number of hydrogen-bond acceptors (Lipinski definition) is 5. The summed E-state index contributed by atoms with van der Waals surface area (Å²) in [5.74, 6) is 0.880. The number of ether oxygens (including phenoxy) is 1. The van der Waals surface area contributed by atoms with Gasteiger partial charge in [-0.1, -0.05) is 30.3 Å². The zero-order chi connectivity index (χ0) is 21.2. The lowest BCUT2D eigenvalue weighted by Crippen LogP contribution is -2.50. The lowest BCUT2D eigenvalue weighted by atomic mass is 9.89. The topological polar surface area (TPSA) is 63.0 Å². The lowest BCUT2D eigenvalue weighted by Gasteiger charge is -2.38. The predicted octanol–water partition coefficient (Wildman–Crippen LogP) is 3.04. The van der Waals surface area contributed by atoms with E-state index in [1.807, 2.05) is 47.8 Å². The fourth-order valence-electron chi connectivity index (χ4n) is 5.33. The molecule has 1 amide bonds. The molecule has 3 fully saturated rings. The van der Waals surface area contributed by atoms with E-state index >= 15 is 0 Å². The third-order valence-electron chi connectivity index (χ3n) is 6.98. The Hall–Kier alpha value is -3.00. The molecule has 0 aliphatic carbocycles. The molecule has 160 valence electrons. The van der Waals surface area contributed by atoms with Crippen molar-refractivity contribution in [1.29, 1.82) is 0 Å².